The maximum Gasteiger partial charge on any atom is 0.250 e. The van der Waals surface area contributed by atoms with Crippen molar-refractivity contribution < 1.29 is 14.3 Å². The number of benzene rings is 1. The number of methoxy groups -OCH3 is 1. The van der Waals surface area contributed by atoms with Gasteiger partial charge in [0.2, 0.25) is 5.91 Å². The topological polar surface area (TPSA) is 47.6 Å². The zero-order valence-electron chi connectivity index (χ0n) is 11.5. The largest absolute Gasteiger partial charge is 0.382 e. The fourth-order valence-corrected chi connectivity index (χ4v) is 1.86. The second-order valence-corrected chi connectivity index (χ2v) is 4.37. The van der Waals surface area contributed by atoms with E-state index in [1.165, 1.54) is 5.56 Å². The van der Waals surface area contributed by atoms with Crippen LogP contribution < -0.4 is 5.32 Å². The number of carbonyl (C=O) groups is 1. The van der Waals surface area contributed by atoms with E-state index in [4.69, 9.17) is 9.47 Å². The zero-order chi connectivity index (χ0) is 13.5. The normalized spacial score (nSPS) is 10.4. The molecule has 1 N–H and O–H groups in total. The Morgan fingerprint density at radius 2 is 1.78 bits per heavy atom. The van der Waals surface area contributed by atoms with E-state index in [1.807, 2.05) is 32.9 Å². The van der Waals surface area contributed by atoms with E-state index in [2.05, 4.69) is 5.32 Å². The molecular formula is C14H21NO3. The maximum absolute atomic E-state index is 11.7. The molecule has 0 fully saturated rings. The van der Waals surface area contributed by atoms with Gasteiger partial charge in [0.1, 0.15) is 6.61 Å². The highest BCUT2D eigenvalue weighted by atomic mass is 16.5. The molecule has 1 aromatic carbocycles. The van der Waals surface area contributed by atoms with E-state index in [0.29, 0.717) is 13.2 Å². The van der Waals surface area contributed by atoms with E-state index in [-0.39, 0.29) is 12.5 Å². The minimum atomic E-state index is -0.138. The van der Waals surface area contributed by atoms with Crippen molar-refractivity contribution in [1.29, 1.82) is 0 Å². The molecule has 1 aromatic rings. The molecule has 0 heterocycles. The summed E-state index contributed by atoms with van der Waals surface area (Å²) < 4.78 is 10.0. The zero-order valence-corrected chi connectivity index (χ0v) is 11.5. The molecule has 0 bridgehead atoms. The van der Waals surface area contributed by atoms with Crippen LogP contribution in [0.1, 0.15) is 16.7 Å². The summed E-state index contributed by atoms with van der Waals surface area (Å²) in [6.07, 6.45) is 0. The Hall–Kier alpha value is -1.39. The third kappa shape index (κ3) is 4.47. The van der Waals surface area contributed by atoms with Crippen molar-refractivity contribution >= 4 is 11.6 Å². The molecule has 0 spiro atoms. The van der Waals surface area contributed by atoms with Gasteiger partial charge in [-0.05, 0) is 31.9 Å². The lowest BCUT2D eigenvalue weighted by molar-refractivity contribution is -0.121. The smallest absolute Gasteiger partial charge is 0.250 e. The summed E-state index contributed by atoms with van der Waals surface area (Å²) in [5.74, 6) is -0.138. The highest BCUT2D eigenvalue weighted by molar-refractivity contribution is 5.93. The van der Waals surface area contributed by atoms with Gasteiger partial charge in [-0.15, -0.1) is 0 Å². The van der Waals surface area contributed by atoms with Crippen LogP contribution >= 0.6 is 0 Å². The molecule has 100 valence electrons. The van der Waals surface area contributed by atoms with Crippen molar-refractivity contribution in [3.63, 3.8) is 0 Å². The Morgan fingerprint density at radius 3 is 2.33 bits per heavy atom. The fourth-order valence-electron chi connectivity index (χ4n) is 1.86. The summed E-state index contributed by atoms with van der Waals surface area (Å²) in [4.78, 5) is 11.7. The Morgan fingerprint density at radius 1 is 1.17 bits per heavy atom. The number of nitrogens with one attached hydrogen (secondary N) is 1. The monoisotopic (exact) mass is 251 g/mol. The molecule has 0 atom stereocenters. The number of aryl methyl sites for hydroxylation is 3. The number of amides is 1. The number of rotatable bonds is 6. The van der Waals surface area contributed by atoms with Crippen LogP contribution in [0.2, 0.25) is 0 Å². The van der Waals surface area contributed by atoms with Crippen LogP contribution in [0.4, 0.5) is 5.69 Å². The lowest BCUT2D eigenvalue weighted by Crippen LogP contribution is -2.20. The first-order valence-corrected chi connectivity index (χ1v) is 5.99. The quantitative estimate of drug-likeness (QED) is 0.789. The van der Waals surface area contributed by atoms with E-state index < -0.39 is 0 Å². The van der Waals surface area contributed by atoms with Gasteiger partial charge in [0, 0.05) is 12.8 Å². The minimum Gasteiger partial charge on any atom is -0.382 e. The lowest BCUT2D eigenvalue weighted by Gasteiger charge is -2.12. The molecule has 4 nitrogen and oxygen atoms in total. The number of anilines is 1. The van der Waals surface area contributed by atoms with E-state index in [0.717, 1.165) is 16.8 Å². The van der Waals surface area contributed by atoms with Gasteiger partial charge in [0.15, 0.2) is 0 Å². The number of ether oxygens (including phenoxy) is 2. The Kier molecular flexibility index (Phi) is 5.82. The SMILES string of the molecule is COCCOCC(=O)Nc1c(C)cc(C)cc1C. The molecule has 0 saturated heterocycles. The predicted molar refractivity (Wildman–Crippen MR) is 72.0 cm³/mol. The summed E-state index contributed by atoms with van der Waals surface area (Å²) >= 11 is 0. The van der Waals surface area contributed by atoms with E-state index in [1.54, 1.807) is 7.11 Å². The van der Waals surface area contributed by atoms with Gasteiger partial charge in [-0.3, -0.25) is 4.79 Å². The van der Waals surface area contributed by atoms with Crippen LogP contribution in [0.25, 0.3) is 0 Å². The number of hydrogen-bond acceptors (Lipinski definition) is 3. The molecule has 0 aliphatic carbocycles. The third-order valence-corrected chi connectivity index (χ3v) is 2.61. The van der Waals surface area contributed by atoms with Crippen molar-refractivity contribution in [2.45, 2.75) is 20.8 Å². The fraction of sp³-hybridized carbons (Fsp3) is 0.500. The first-order valence-electron chi connectivity index (χ1n) is 5.99. The van der Waals surface area contributed by atoms with Gasteiger partial charge in [-0.1, -0.05) is 17.7 Å². The second kappa shape index (κ2) is 7.13. The summed E-state index contributed by atoms with van der Waals surface area (Å²) in [6.45, 7) is 6.99. The molecular weight excluding hydrogens is 230 g/mol. The molecule has 4 heteroatoms. The van der Waals surface area contributed by atoms with E-state index in [9.17, 15) is 4.79 Å². The van der Waals surface area contributed by atoms with Crippen LogP contribution in [0.3, 0.4) is 0 Å². The van der Waals surface area contributed by atoms with Crippen molar-refractivity contribution in [1.82, 2.24) is 0 Å². The van der Waals surface area contributed by atoms with Gasteiger partial charge in [-0.25, -0.2) is 0 Å². The lowest BCUT2D eigenvalue weighted by atomic mass is 10.1. The summed E-state index contributed by atoms with van der Waals surface area (Å²) in [7, 11) is 1.60. The van der Waals surface area contributed by atoms with Gasteiger partial charge in [-0.2, -0.15) is 0 Å². The first-order chi connectivity index (χ1) is 8.54. The van der Waals surface area contributed by atoms with Crippen molar-refractivity contribution in [3.8, 4) is 0 Å². The summed E-state index contributed by atoms with van der Waals surface area (Å²) in [6, 6.07) is 4.10. The van der Waals surface area contributed by atoms with Gasteiger partial charge in [0.05, 0.1) is 13.2 Å². The Labute approximate surface area is 108 Å². The average Bonchev–Trinajstić information content (AvgIpc) is 2.29. The predicted octanol–water partition coefficient (Wildman–Crippen LogP) is 2.21. The number of hydrogen-bond donors (Lipinski definition) is 1. The van der Waals surface area contributed by atoms with Crippen LogP contribution in [-0.2, 0) is 14.3 Å². The average molecular weight is 251 g/mol. The van der Waals surface area contributed by atoms with Gasteiger partial charge in [0.25, 0.3) is 0 Å². The molecule has 0 aromatic heterocycles. The standard InChI is InChI=1S/C14H21NO3/c1-10-7-11(2)14(12(3)8-10)15-13(16)9-18-6-5-17-4/h7-8H,5-6,9H2,1-4H3,(H,15,16). The second-order valence-electron chi connectivity index (χ2n) is 4.37. The molecule has 0 saturated carbocycles. The molecule has 18 heavy (non-hydrogen) atoms. The van der Waals surface area contributed by atoms with Gasteiger partial charge >= 0.3 is 0 Å². The third-order valence-electron chi connectivity index (χ3n) is 2.61. The van der Waals surface area contributed by atoms with E-state index >= 15 is 0 Å². The van der Waals surface area contributed by atoms with Crippen LogP contribution in [0.15, 0.2) is 12.1 Å². The number of carbonyl (C=O) groups excluding carboxylic acids is 1. The molecule has 0 unspecified atom stereocenters. The van der Waals surface area contributed by atoms with Crippen molar-refractivity contribution in [2.75, 3.05) is 32.2 Å². The Bertz CT molecular complexity index is 392. The summed E-state index contributed by atoms with van der Waals surface area (Å²) in [5.41, 5.74) is 4.20. The van der Waals surface area contributed by atoms with Crippen molar-refractivity contribution in [2.24, 2.45) is 0 Å². The Balaban J connectivity index is 2.54. The summed E-state index contributed by atoms with van der Waals surface area (Å²) in [5, 5.41) is 2.88. The molecule has 1 rings (SSSR count). The van der Waals surface area contributed by atoms with Crippen LogP contribution in [-0.4, -0.2) is 32.8 Å². The molecule has 0 aliphatic heterocycles. The highest BCUT2D eigenvalue weighted by Crippen LogP contribution is 2.21. The minimum absolute atomic E-state index is 0.0517. The molecule has 0 radical (unpaired) electrons. The highest BCUT2D eigenvalue weighted by Gasteiger charge is 2.08. The van der Waals surface area contributed by atoms with Crippen LogP contribution in [0, 0.1) is 20.8 Å². The molecule has 0 aliphatic rings. The van der Waals surface area contributed by atoms with Gasteiger partial charge < -0.3 is 14.8 Å². The van der Waals surface area contributed by atoms with Crippen LogP contribution in [0.5, 0.6) is 0 Å². The van der Waals surface area contributed by atoms with Crippen molar-refractivity contribution in [3.05, 3.63) is 28.8 Å². The first kappa shape index (κ1) is 14.7. The maximum atomic E-state index is 11.7. The molecule has 1 amide bonds.